The first-order valence-corrected chi connectivity index (χ1v) is 6.97. The number of hydrogen-bond donors (Lipinski definition) is 1. The molecule has 19 heavy (non-hydrogen) atoms. The summed E-state index contributed by atoms with van der Waals surface area (Å²) in [6.07, 6.45) is 4.95. The fourth-order valence-corrected chi connectivity index (χ4v) is 2.55. The van der Waals surface area contributed by atoms with E-state index < -0.39 is 5.97 Å². The first-order chi connectivity index (χ1) is 8.71. The number of carboxylic acids is 1. The Bertz CT molecular complexity index is 384. The molecule has 2 aliphatic rings. The quantitative estimate of drug-likeness (QED) is 0.798. The maximum absolute atomic E-state index is 10.7. The molecule has 1 aliphatic heterocycles. The molecule has 0 aromatic rings. The van der Waals surface area contributed by atoms with Crippen LogP contribution in [0.25, 0.3) is 0 Å². The number of carboxylic acid groups (broad SMARTS) is 1. The fourth-order valence-electron chi connectivity index (χ4n) is 2.55. The van der Waals surface area contributed by atoms with Gasteiger partial charge in [-0.05, 0) is 58.3 Å². The normalized spacial score (nSPS) is 29.2. The van der Waals surface area contributed by atoms with Gasteiger partial charge in [-0.2, -0.15) is 0 Å². The van der Waals surface area contributed by atoms with Gasteiger partial charge >= 0.3 is 13.1 Å². The SMILES string of the molecule is CC1(C)OB(C2=CCC(CC(=O)O)CC2)OC1(C)C. The molecular weight excluding hydrogens is 243 g/mol. The standard InChI is InChI=1S/C14H23BO4/c1-13(2)14(3,4)19-15(18-13)11-7-5-10(6-8-11)9-12(16)17/h7,10H,5-6,8-9H2,1-4H3,(H,16,17). The third kappa shape index (κ3) is 3.03. The van der Waals surface area contributed by atoms with Crippen molar-refractivity contribution in [3.63, 3.8) is 0 Å². The highest BCUT2D eigenvalue weighted by Crippen LogP contribution is 2.40. The minimum Gasteiger partial charge on any atom is -0.481 e. The third-order valence-corrected chi connectivity index (χ3v) is 4.57. The van der Waals surface area contributed by atoms with Crippen LogP contribution < -0.4 is 0 Å². The summed E-state index contributed by atoms with van der Waals surface area (Å²) in [5.41, 5.74) is 0.549. The zero-order valence-electron chi connectivity index (χ0n) is 12.2. The van der Waals surface area contributed by atoms with Gasteiger partial charge in [0.1, 0.15) is 0 Å². The van der Waals surface area contributed by atoms with Crippen LogP contribution in [0.15, 0.2) is 11.5 Å². The molecule has 1 aliphatic carbocycles. The Balaban J connectivity index is 1.99. The van der Waals surface area contributed by atoms with Gasteiger partial charge in [-0.1, -0.05) is 6.08 Å². The molecule has 0 saturated carbocycles. The van der Waals surface area contributed by atoms with Crippen molar-refractivity contribution >= 4 is 13.1 Å². The molecule has 0 aromatic carbocycles. The van der Waals surface area contributed by atoms with Crippen molar-refractivity contribution in [3.8, 4) is 0 Å². The molecule has 0 spiro atoms. The van der Waals surface area contributed by atoms with E-state index in [1.807, 2.05) is 27.7 Å². The van der Waals surface area contributed by atoms with Crippen LogP contribution in [-0.4, -0.2) is 29.4 Å². The van der Waals surface area contributed by atoms with Gasteiger partial charge in [0.25, 0.3) is 0 Å². The molecule has 0 bridgehead atoms. The van der Waals surface area contributed by atoms with Crippen molar-refractivity contribution in [2.24, 2.45) is 5.92 Å². The van der Waals surface area contributed by atoms with E-state index >= 15 is 0 Å². The number of rotatable bonds is 3. The van der Waals surface area contributed by atoms with Crippen LogP contribution in [-0.2, 0) is 14.1 Å². The Labute approximate surface area is 115 Å². The van der Waals surface area contributed by atoms with E-state index in [1.165, 1.54) is 5.47 Å². The number of allylic oxidation sites excluding steroid dienone is 2. The van der Waals surface area contributed by atoms with Crippen molar-refractivity contribution in [3.05, 3.63) is 11.5 Å². The van der Waals surface area contributed by atoms with Crippen molar-refractivity contribution in [2.45, 2.75) is 64.6 Å². The van der Waals surface area contributed by atoms with Crippen LogP contribution >= 0.6 is 0 Å². The Kier molecular flexibility index (Phi) is 3.80. The first-order valence-electron chi connectivity index (χ1n) is 6.97. The van der Waals surface area contributed by atoms with Gasteiger partial charge in [-0.3, -0.25) is 4.79 Å². The van der Waals surface area contributed by atoms with Crippen LogP contribution in [0.5, 0.6) is 0 Å². The van der Waals surface area contributed by atoms with Crippen LogP contribution in [0.3, 0.4) is 0 Å². The Morgan fingerprint density at radius 1 is 1.37 bits per heavy atom. The Hall–Kier alpha value is -0.805. The Morgan fingerprint density at radius 3 is 2.37 bits per heavy atom. The van der Waals surface area contributed by atoms with E-state index in [-0.39, 0.29) is 30.7 Å². The molecule has 1 unspecified atom stereocenters. The average molecular weight is 266 g/mol. The smallest absolute Gasteiger partial charge is 0.481 e. The lowest BCUT2D eigenvalue weighted by Gasteiger charge is -2.32. The van der Waals surface area contributed by atoms with Gasteiger partial charge < -0.3 is 14.4 Å². The van der Waals surface area contributed by atoms with E-state index in [2.05, 4.69) is 6.08 Å². The van der Waals surface area contributed by atoms with Gasteiger partial charge in [-0.15, -0.1) is 0 Å². The molecule has 1 heterocycles. The molecule has 0 aromatic heterocycles. The molecule has 106 valence electrons. The fraction of sp³-hybridized carbons (Fsp3) is 0.786. The summed E-state index contributed by atoms with van der Waals surface area (Å²) in [7, 11) is -0.268. The number of aliphatic carboxylic acids is 1. The molecule has 1 fully saturated rings. The van der Waals surface area contributed by atoms with Crippen LogP contribution in [0.1, 0.15) is 53.4 Å². The van der Waals surface area contributed by atoms with Gasteiger partial charge in [0.15, 0.2) is 0 Å². The van der Waals surface area contributed by atoms with Crippen molar-refractivity contribution < 1.29 is 19.2 Å². The van der Waals surface area contributed by atoms with Crippen LogP contribution in [0.4, 0.5) is 0 Å². The van der Waals surface area contributed by atoms with Gasteiger partial charge in [0.05, 0.1) is 11.2 Å². The summed E-state index contributed by atoms with van der Waals surface area (Å²) in [6, 6.07) is 0. The van der Waals surface area contributed by atoms with E-state index in [0.717, 1.165) is 19.3 Å². The molecule has 5 heteroatoms. The van der Waals surface area contributed by atoms with Crippen LogP contribution in [0, 0.1) is 5.92 Å². The predicted octanol–water partition coefficient (Wildman–Crippen LogP) is 2.82. The molecule has 1 N–H and O–H groups in total. The summed E-state index contributed by atoms with van der Waals surface area (Å²) < 4.78 is 12.0. The minimum atomic E-state index is -0.711. The van der Waals surface area contributed by atoms with Crippen molar-refractivity contribution in [1.29, 1.82) is 0 Å². The van der Waals surface area contributed by atoms with E-state index in [1.54, 1.807) is 0 Å². The maximum Gasteiger partial charge on any atom is 0.490 e. The van der Waals surface area contributed by atoms with Gasteiger partial charge in [0.2, 0.25) is 0 Å². The summed E-state index contributed by atoms with van der Waals surface area (Å²) in [5.74, 6) is -0.457. The minimum absolute atomic E-state index is 0.253. The molecular formula is C14H23BO4. The van der Waals surface area contributed by atoms with Gasteiger partial charge in [-0.25, -0.2) is 0 Å². The molecule has 2 rings (SSSR count). The second-order valence-electron chi connectivity index (χ2n) is 6.61. The first kappa shape index (κ1) is 14.6. The van der Waals surface area contributed by atoms with Crippen LogP contribution in [0.2, 0.25) is 0 Å². The van der Waals surface area contributed by atoms with E-state index in [9.17, 15) is 4.79 Å². The van der Waals surface area contributed by atoms with E-state index in [0.29, 0.717) is 0 Å². The monoisotopic (exact) mass is 266 g/mol. The number of carbonyl (C=O) groups is 1. The second-order valence-corrected chi connectivity index (χ2v) is 6.61. The highest BCUT2D eigenvalue weighted by molar-refractivity contribution is 6.54. The van der Waals surface area contributed by atoms with E-state index in [4.69, 9.17) is 14.4 Å². The average Bonchev–Trinajstić information content (AvgIpc) is 2.48. The zero-order valence-corrected chi connectivity index (χ0v) is 12.2. The topological polar surface area (TPSA) is 55.8 Å². The van der Waals surface area contributed by atoms with Crippen molar-refractivity contribution in [2.75, 3.05) is 0 Å². The summed E-state index contributed by atoms with van der Waals surface area (Å²) in [4.78, 5) is 10.7. The lowest BCUT2D eigenvalue weighted by atomic mass is 9.70. The maximum atomic E-state index is 10.7. The molecule has 1 saturated heterocycles. The molecule has 0 radical (unpaired) electrons. The summed E-state index contributed by atoms with van der Waals surface area (Å²) in [6.45, 7) is 8.18. The molecule has 1 atom stereocenters. The molecule has 0 amide bonds. The number of hydrogen-bond acceptors (Lipinski definition) is 3. The van der Waals surface area contributed by atoms with Crippen molar-refractivity contribution in [1.82, 2.24) is 0 Å². The lowest BCUT2D eigenvalue weighted by Crippen LogP contribution is -2.41. The largest absolute Gasteiger partial charge is 0.490 e. The lowest BCUT2D eigenvalue weighted by molar-refractivity contribution is -0.138. The van der Waals surface area contributed by atoms with Gasteiger partial charge in [0, 0.05) is 6.42 Å². The summed E-state index contributed by atoms with van der Waals surface area (Å²) in [5, 5.41) is 8.81. The predicted molar refractivity (Wildman–Crippen MR) is 73.8 cm³/mol. The second kappa shape index (κ2) is 4.95. The third-order valence-electron chi connectivity index (χ3n) is 4.57. The highest BCUT2D eigenvalue weighted by atomic mass is 16.7. The highest BCUT2D eigenvalue weighted by Gasteiger charge is 2.52. The Morgan fingerprint density at radius 2 is 1.95 bits per heavy atom. The zero-order chi connectivity index (χ0) is 14.3. The summed E-state index contributed by atoms with van der Waals surface area (Å²) >= 11 is 0. The molecule has 4 nitrogen and oxygen atoms in total.